The molecule has 2 N–H and O–H groups in total. The van der Waals surface area contributed by atoms with Crippen molar-refractivity contribution < 1.29 is 4.74 Å². The molecule has 6 heteroatoms. The third-order valence-electron chi connectivity index (χ3n) is 2.60. The van der Waals surface area contributed by atoms with Crippen LogP contribution in [0.3, 0.4) is 0 Å². The van der Waals surface area contributed by atoms with E-state index in [9.17, 15) is 0 Å². The summed E-state index contributed by atoms with van der Waals surface area (Å²) in [4.78, 5) is 11.8. The molecule has 0 saturated carbocycles. The van der Waals surface area contributed by atoms with E-state index in [0.29, 0.717) is 11.6 Å². The first-order valence-electron chi connectivity index (χ1n) is 5.19. The predicted molar refractivity (Wildman–Crippen MR) is 62.8 cm³/mol. The topological polar surface area (TPSA) is 79.5 Å². The SMILES string of the molecule is COc1cnc(-c2nc(C)n[nH]2)c2[nH]ccc12. The maximum absolute atomic E-state index is 5.25. The summed E-state index contributed by atoms with van der Waals surface area (Å²) in [6.45, 7) is 1.83. The number of aromatic amines is 2. The largest absolute Gasteiger partial charge is 0.494 e. The quantitative estimate of drug-likeness (QED) is 0.700. The van der Waals surface area contributed by atoms with Gasteiger partial charge in [-0.05, 0) is 13.0 Å². The summed E-state index contributed by atoms with van der Waals surface area (Å²) in [7, 11) is 1.63. The van der Waals surface area contributed by atoms with E-state index in [1.807, 2.05) is 19.2 Å². The van der Waals surface area contributed by atoms with Gasteiger partial charge in [-0.2, -0.15) is 5.10 Å². The number of aryl methyl sites for hydroxylation is 1. The highest BCUT2D eigenvalue weighted by molar-refractivity contribution is 5.94. The van der Waals surface area contributed by atoms with Crippen molar-refractivity contribution in [1.29, 1.82) is 0 Å². The molecule has 0 saturated heterocycles. The number of hydrogen-bond acceptors (Lipinski definition) is 4. The highest BCUT2D eigenvalue weighted by Gasteiger charge is 2.13. The molecule has 0 unspecified atom stereocenters. The van der Waals surface area contributed by atoms with Gasteiger partial charge in [0.05, 0.1) is 18.8 Å². The maximum Gasteiger partial charge on any atom is 0.176 e. The second-order valence-electron chi connectivity index (χ2n) is 3.67. The number of pyridine rings is 1. The van der Waals surface area contributed by atoms with Crippen LogP contribution in [0.4, 0.5) is 0 Å². The lowest BCUT2D eigenvalue weighted by Crippen LogP contribution is -1.91. The monoisotopic (exact) mass is 229 g/mol. The third-order valence-corrected chi connectivity index (χ3v) is 2.60. The molecule has 6 nitrogen and oxygen atoms in total. The van der Waals surface area contributed by atoms with Crippen molar-refractivity contribution in [3.8, 4) is 17.3 Å². The Balaban J connectivity index is 2.27. The number of H-pyrrole nitrogens is 2. The zero-order chi connectivity index (χ0) is 11.8. The number of methoxy groups -OCH3 is 1. The Bertz CT molecular complexity index is 669. The summed E-state index contributed by atoms with van der Waals surface area (Å²) in [5.41, 5.74) is 1.63. The van der Waals surface area contributed by atoms with Gasteiger partial charge in [-0.3, -0.25) is 5.10 Å². The Hall–Kier alpha value is -2.37. The van der Waals surface area contributed by atoms with Crippen LogP contribution < -0.4 is 4.74 Å². The normalized spacial score (nSPS) is 10.9. The zero-order valence-electron chi connectivity index (χ0n) is 9.48. The molecule has 86 valence electrons. The van der Waals surface area contributed by atoms with Crippen LogP contribution in [-0.2, 0) is 0 Å². The summed E-state index contributed by atoms with van der Waals surface area (Å²) in [5.74, 6) is 2.08. The lowest BCUT2D eigenvalue weighted by atomic mass is 10.2. The first-order chi connectivity index (χ1) is 8.29. The lowest BCUT2D eigenvalue weighted by molar-refractivity contribution is 0.418. The van der Waals surface area contributed by atoms with Crippen LogP contribution >= 0.6 is 0 Å². The number of hydrogen-bond donors (Lipinski definition) is 2. The fourth-order valence-corrected chi connectivity index (χ4v) is 1.82. The molecule has 0 aromatic carbocycles. The number of nitrogens with zero attached hydrogens (tertiary/aromatic N) is 3. The Morgan fingerprint density at radius 3 is 2.94 bits per heavy atom. The van der Waals surface area contributed by atoms with Crippen molar-refractivity contribution in [2.45, 2.75) is 6.92 Å². The Kier molecular flexibility index (Phi) is 2.07. The van der Waals surface area contributed by atoms with E-state index in [4.69, 9.17) is 4.74 Å². The van der Waals surface area contributed by atoms with Crippen LogP contribution in [-0.4, -0.2) is 32.3 Å². The van der Waals surface area contributed by atoms with Gasteiger partial charge in [0.1, 0.15) is 17.3 Å². The fourth-order valence-electron chi connectivity index (χ4n) is 1.82. The van der Waals surface area contributed by atoms with E-state index in [2.05, 4.69) is 25.1 Å². The van der Waals surface area contributed by atoms with Gasteiger partial charge in [-0.25, -0.2) is 9.97 Å². The molecule has 3 rings (SSSR count). The predicted octanol–water partition coefficient (Wildman–Crippen LogP) is 1.67. The Morgan fingerprint density at radius 2 is 2.24 bits per heavy atom. The van der Waals surface area contributed by atoms with Gasteiger partial charge in [0.15, 0.2) is 5.82 Å². The number of rotatable bonds is 2. The highest BCUT2D eigenvalue weighted by Crippen LogP contribution is 2.29. The van der Waals surface area contributed by atoms with Crippen molar-refractivity contribution in [2.24, 2.45) is 0 Å². The Labute approximate surface area is 97.1 Å². The summed E-state index contributed by atoms with van der Waals surface area (Å²) in [6, 6.07) is 1.95. The smallest absolute Gasteiger partial charge is 0.176 e. The number of fused-ring (bicyclic) bond motifs is 1. The molecule has 0 aliphatic rings. The molecular weight excluding hydrogens is 218 g/mol. The van der Waals surface area contributed by atoms with Crippen molar-refractivity contribution in [1.82, 2.24) is 25.1 Å². The highest BCUT2D eigenvalue weighted by atomic mass is 16.5. The Morgan fingerprint density at radius 1 is 1.35 bits per heavy atom. The molecule has 0 atom stereocenters. The van der Waals surface area contributed by atoms with Gasteiger partial charge in [-0.1, -0.05) is 0 Å². The van der Waals surface area contributed by atoms with E-state index in [-0.39, 0.29) is 0 Å². The molecule has 0 bridgehead atoms. The van der Waals surface area contributed by atoms with Crippen molar-refractivity contribution in [2.75, 3.05) is 7.11 Å². The number of aromatic nitrogens is 5. The van der Waals surface area contributed by atoms with Gasteiger partial charge in [0.2, 0.25) is 0 Å². The number of nitrogens with one attached hydrogen (secondary N) is 2. The molecule has 3 aromatic rings. The van der Waals surface area contributed by atoms with Crippen LogP contribution in [0, 0.1) is 6.92 Å². The second-order valence-corrected chi connectivity index (χ2v) is 3.67. The van der Waals surface area contributed by atoms with E-state index in [0.717, 1.165) is 22.3 Å². The van der Waals surface area contributed by atoms with Crippen LogP contribution in [0.25, 0.3) is 22.4 Å². The van der Waals surface area contributed by atoms with Gasteiger partial charge in [0, 0.05) is 11.6 Å². The molecule has 0 aliphatic heterocycles. The molecule has 0 aliphatic carbocycles. The molecule has 17 heavy (non-hydrogen) atoms. The summed E-state index contributed by atoms with van der Waals surface area (Å²) in [5, 5.41) is 7.84. The first kappa shape index (κ1) is 9.83. The van der Waals surface area contributed by atoms with Crippen molar-refractivity contribution >= 4 is 10.9 Å². The van der Waals surface area contributed by atoms with Gasteiger partial charge < -0.3 is 9.72 Å². The number of ether oxygens (including phenoxy) is 1. The molecular formula is C11H11N5O. The van der Waals surface area contributed by atoms with E-state index >= 15 is 0 Å². The average Bonchev–Trinajstić information content (AvgIpc) is 2.96. The second kappa shape index (κ2) is 3.58. The minimum absolute atomic E-state index is 0.651. The first-order valence-corrected chi connectivity index (χ1v) is 5.19. The fraction of sp³-hybridized carbons (Fsp3) is 0.182. The minimum atomic E-state index is 0.651. The standard InChI is InChI=1S/C11H11N5O/c1-6-14-11(16-15-6)10-9-7(3-4-12-9)8(17-2)5-13-10/h3-5,12H,1-2H3,(H,14,15,16). The van der Waals surface area contributed by atoms with E-state index < -0.39 is 0 Å². The maximum atomic E-state index is 5.25. The van der Waals surface area contributed by atoms with Gasteiger partial charge >= 0.3 is 0 Å². The van der Waals surface area contributed by atoms with Crippen LogP contribution in [0.5, 0.6) is 5.75 Å². The summed E-state index contributed by atoms with van der Waals surface area (Å²) in [6.07, 6.45) is 3.53. The van der Waals surface area contributed by atoms with Crippen LogP contribution in [0.1, 0.15) is 5.82 Å². The van der Waals surface area contributed by atoms with Crippen LogP contribution in [0.2, 0.25) is 0 Å². The minimum Gasteiger partial charge on any atom is -0.494 e. The molecule has 3 aromatic heterocycles. The van der Waals surface area contributed by atoms with Gasteiger partial charge in [0.25, 0.3) is 0 Å². The lowest BCUT2D eigenvalue weighted by Gasteiger charge is -2.03. The summed E-state index contributed by atoms with van der Waals surface area (Å²) < 4.78 is 5.25. The molecule has 0 spiro atoms. The summed E-state index contributed by atoms with van der Waals surface area (Å²) >= 11 is 0. The average molecular weight is 229 g/mol. The van der Waals surface area contributed by atoms with Crippen LogP contribution in [0.15, 0.2) is 18.5 Å². The van der Waals surface area contributed by atoms with E-state index in [1.54, 1.807) is 13.3 Å². The molecule has 0 amide bonds. The molecule has 0 radical (unpaired) electrons. The van der Waals surface area contributed by atoms with Crippen molar-refractivity contribution in [3.05, 3.63) is 24.3 Å². The molecule has 3 heterocycles. The van der Waals surface area contributed by atoms with Crippen molar-refractivity contribution in [3.63, 3.8) is 0 Å². The third kappa shape index (κ3) is 1.45. The van der Waals surface area contributed by atoms with E-state index in [1.165, 1.54) is 0 Å². The molecule has 0 fully saturated rings. The zero-order valence-corrected chi connectivity index (χ0v) is 9.48. The van der Waals surface area contributed by atoms with Gasteiger partial charge in [-0.15, -0.1) is 0 Å².